The standard InChI is InChI=1S/C19H28N6O/c1-11(2)5-14(20)9-22-19-23-10-16(17(21)26)18(25-19)24-15-7-12(3)6-13(4)8-15/h6-8,10-11,14H,5,9,20H2,1-4H3,(H2,21,26)(H2,22,23,24,25). The van der Waals surface area contributed by atoms with Crippen LogP contribution in [0.2, 0.25) is 0 Å². The molecule has 1 atom stereocenters. The summed E-state index contributed by atoms with van der Waals surface area (Å²) >= 11 is 0. The SMILES string of the molecule is Cc1cc(C)cc(Nc2nc(NCC(N)CC(C)C)ncc2C(N)=O)c1. The molecule has 2 rings (SSSR count). The highest BCUT2D eigenvalue weighted by molar-refractivity contribution is 5.98. The van der Waals surface area contributed by atoms with Crippen molar-refractivity contribution >= 4 is 23.4 Å². The maximum Gasteiger partial charge on any atom is 0.254 e. The van der Waals surface area contributed by atoms with E-state index in [-0.39, 0.29) is 11.6 Å². The monoisotopic (exact) mass is 356 g/mol. The molecule has 6 N–H and O–H groups in total. The summed E-state index contributed by atoms with van der Waals surface area (Å²) < 4.78 is 0. The molecule has 0 fully saturated rings. The Morgan fingerprint density at radius 2 is 1.85 bits per heavy atom. The van der Waals surface area contributed by atoms with Crippen molar-refractivity contribution in [2.45, 2.75) is 40.2 Å². The third kappa shape index (κ3) is 5.70. The number of anilines is 3. The van der Waals surface area contributed by atoms with Gasteiger partial charge in [0.05, 0.1) is 0 Å². The smallest absolute Gasteiger partial charge is 0.254 e. The number of aromatic nitrogens is 2. The number of nitrogens with two attached hydrogens (primary N) is 2. The maximum atomic E-state index is 11.7. The van der Waals surface area contributed by atoms with Gasteiger partial charge >= 0.3 is 0 Å². The van der Waals surface area contributed by atoms with Gasteiger partial charge < -0.3 is 22.1 Å². The van der Waals surface area contributed by atoms with Crippen LogP contribution in [0.5, 0.6) is 0 Å². The van der Waals surface area contributed by atoms with Crippen LogP contribution in [0.1, 0.15) is 41.8 Å². The summed E-state index contributed by atoms with van der Waals surface area (Å²) in [7, 11) is 0. The lowest BCUT2D eigenvalue weighted by Crippen LogP contribution is -2.31. The number of aryl methyl sites for hydroxylation is 2. The Labute approximate surface area is 154 Å². The number of amides is 1. The molecule has 26 heavy (non-hydrogen) atoms. The highest BCUT2D eigenvalue weighted by Crippen LogP contribution is 2.22. The van der Waals surface area contributed by atoms with Crippen LogP contribution in [-0.4, -0.2) is 28.5 Å². The van der Waals surface area contributed by atoms with E-state index >= 15 is 0 Å². The number of primary amides is 1. The number of hydrogen-bond donors (Lipinski definition) is 4. The van der Waals surface area contributed by atoms with Crippen LogP contribution in [0.3, 0.4) is 0 Å². The number of rotatable bonds is 8. The molecule has 1 amide bonds. The number of carbonyl (C=O) groups is 1. The van der Waals surface area contributed by atoms with Crippen LogP contribution < -0.4 is 22.1 Å². The molecule has 0 bridgehead atoms. The Balaban J connectivity index is 2.21. The minimum Gasteiger partial charge on any atom is -0.365 e. The Hall–Kier alpha value is -2.67. The van der Waals surface area contributed by atoms with Crippen molar-refractivity contribution in [3.05, 3.63) is 41.1 Å². The van der Waals surface area contributed by atoms with Gasteiger partial charge in [-0.2, -0.15) is 4.98 Å². The van der Waals surface area contributed by atoms with Gasteiger partial charge in [0.1, 0.15) is 11.4 Å². The number of carbonyl (C=O) groups excluding carboxylic acids is 1. The summed E-state index contributed by atoms with van der Waals surface area (Å²) in [6, 6.07) is 6.03. The highest BCUT2D eigenvalue weighted by Gasteiger charge is 2.14. The molecule has 1 unspecified atom stereocenters. The average Bonchev–Trinajstić information content (AvgIpc) is 2.51. The van der Waals surface area contributed by atoms with E-state index in [1.807, 2.05) is 26.0 Å². The van der Waals surface area contributed by atoms with Gasteiger partial charge in [0, 0.05) is 24.5 Å². The predicted molar refractivity (Wildman–Crippen MR) is 106 cm³/mol. The fourth-order valence-electron chi connectivity index (χ4n) is 2.84. The van der Waals surface area contributed by atoms with Crippen LogP contribution in [0, 0.1) is 19.8 Å². The van der Waals surface area contributed by atoms with Gasteiger partial charge in [0.2, 0.25) is 5.95 Å². The summed E-state index contributed by atoms with van der Waals surface area (Å²) in [5.41, 5.74) is 14.8. The van der Waals surface area contributed by atoms with Crippen molar-refractivity contribution in [1.82, 2.24) is 9.97 Å². The second-order valence-corrected chi connectivity index (χ2v) is 7.09. The van der Waals surface area contributed by atoms with Crippen LogP contribution in [0.4, 0.5) is 17.5 Å². The minimum atomic E-state index is -0.583. The third-order valence-electron chi connectivity index (χ3n) is 3.84. The first-order valence-electron chi connectivity index (χ1n) is 8.76. The Kier molecular flexibility index (Phi) is 6.52. The zero-order valence-corrected chi connectivity index (χ0v) is 15.8. The quantitative estimate of drug-likeness (QED) is 0.577. The van der Waals surface area contributed by atoms with E-state index < -0.39 is 5.91 Å². The first-order valence-corrected chi connectivity index (χ1v) is 8.76. The summed E-state index contributed by atoms with van der Waals surface area (Å²) in [6.07, 6.45) is 2.33. The molecule has 0 aliphatic heterocycles. The van der Waals surface area contributed by atoms with E-state index in [2.05, 4.69) is 40.5 Å². The lowest BCUT2D eigenvalue weighted by Gasteiger charge is -2.16. The van der Waals surface area contributed by atoms with E-state index in [1.54, 1.807) is 0 Å². The van der Waals surface area contributed by atoms with Crippen molar-refractivity contribution in [1.29, 1.82) is 0 Å². The minimum absolute atomic E-state index is 0.00486. The lowest BCUT2D eigenvalue weighted by atomic mass is 10.0. The van der Waals surface area contributed by atoms with Crippen molar-refractivity contribution < 1.29 is 4.79 Å². The molecule has 1 aromatic carbocycles. The van der Waals surface area contributed by atoms with Gasteiger partial charge in [-0.15, -0.1) is 0 Å². The van der Waals surface area contributed by atoms with Gasteiger partial charge in [-0.25, -0.2) is 4.98 Å². The van der Waals surface area contributed by atoms with Crippen LogP contribution >= 0.6 is 0 Å². The van der Waals surface area contributed by atoms with Crippen molar-refractivity contribution in [3.63, 3.8) is 0 Å². The zero-order chi connectivity index (χ0) is 19.3. The van der Waals surface area contributed by atoms with Crippen LogP contribution in [0.15, 0.2) is 24.4 Å². The zero-order valence-electron chi connectivity index (χ0n) is 15.8. The second kappa shape index (κ2) is 8.62. The third-order valence-corrected chi connectivity index (χ3v) is 3.84. The van der Waals surface area contributed by atoms with Gasteiger partial charge in [-0.05, 0) is 49.4 Å². The molecule has 140 valence electrons. The average molecular weight is 356 g/mol. The molecule has 0 saturated heterocycles. The molecular weight excluding hydrogens is 328 g/mol. The predicted octanol–water partition coefficient (Wildman–Crippen LogP) is 2.72. The number of hydrogen-bond acceptors (Lipinski definition) is 6. The lowest BCUT2D eigenvalue weighted by molar-refractivity contribution is 0.100. The van der Waals surface area contributed by atoms with Crippen molar-refractivity contribution in [2.24, 2.45) is 17.4 Å². The van der Waals surface area contributed by atoms with E-state index in [0.29, 0.717) is 24.2 Å². The number of nitrogens with one attached hydrogen (secondary N) is 2. The fourth-order valence-corrected chi connectivity index (χ4v) is 2.84. The Morgan fingerprint density at radius 3 is 2.42 bits per heavy atom. The van der Waals surface area contributed by atoms with E-state index in [4.69, 9.17) is 11.5 Å². The molecule has 7 heteroatoms. The molecular formula is C19H28N6O. The molecule has 0 saturated carbocycles. The summed E-state index contributed by atoms with van der Waals surface area (Å²) in [6.45, 7) is 8.83. The van der Waals surface area contributed by atoms with E-state index in [9.17, 15) is 4.79 Å². The fraction of sp³-hybridized carbons (Fsp3) is 0.421. The molecule has 0 radical (unpaired) electrons. The topological polar surface area (TPSA) is 119 Å². The largest absolute Gasteiger partial charge is 0.365 e. The molecule has 0 aliphatic carbocycles. The van der Waals surface area contributed by atoms with Gasteiger partial charge in [-0.3, -0.25) is 4.79 Å². The molecule has 7 nitrogen and oxygen atoms in total. The number of nitrogens with zero attached hydrogens (tertiary/aromatic N) is 2. The summed E-state index contributed by atoms with van der Waals surface area (Å²) in [5, 5.41) is 6.30. The molecule has 0 spiro atoms. The summed E-state index contributed by atoms with van der Waals surface area (Å²) in [5.74, 6) is 0.713. The van der Waals surface area contributed by atoms with E-state index in [0.717, 1.165) is 23.2 Å². The van der Waals surface area contributed by atoms with Crippen LogP contribution in [0.25, 0.3) is 0 Å². The normalized spacial score (nSPS) is 12.1. The number of benzene rings is 1. The molecule has 0 aliphatic rings. The van der Waals surface area contributed by atoms with Gasteiger partial charge in [-0.1, -0.05) is 19.9 Å². The molecule has 2 aromatic rings. The van der Waals surface area contributed by atoms with Gasteiger partial charge in [0.15, 0.2) is 0 Å². The van der Waals surface area contributed by atoms with Crippen LogP contribution in [-0.2, 0) is 0 Å². The maximum absolute atomic E-state index is 11.7. The molecule has 1 heterocycles. The van der Waals surface area contributed by atoms with Gasteiger partial charge in [0.25, 0.3) is 5.91 Å². The molecule has 1 aromatic heterocycles. The Bertz CT molecular complexity index is 754. The highest BCUT2D eigenvalue weighted by atomic mass is 16.1. The summed E-state index contributed by atoms with van der Waals surface area (Å²) in [4.78, 5) is 20.3. The van der Waals surface area contributed by atoms with Crippen molar-refractivity contribution in [3.8, 4) is 0 Å². The van der Waals surface area contributed by atoms with Crippen molar-refractivity contribution in [2.75, 3.05) is 17.2 Å². The first-order chi connectivity index (χ1) is 12.2. The van der Waals surface area contributed by atoms with E-state index in [1.165, 1.54) is 6.20 Å². The second-order valence-electron chi connectivity index (χ2n) is 7.09. The first kappa shape index (κ1) is 19.7. The Morgan fingerprint density at radius 1 is 1.19 bits per heavy atom.